The summed E-state index contributed by atoms with van der Waals surface area (Å²) >= 11 is 0. The highest BCUT2D eigenvalue weighted by Crippen LogP contribution is 2.38. The van der Waals surface area contributed by atoms with Gasteiger partial charge in [-0.05, 0) is 19.8 Å². The largest absolute Gasteiger partial charge is 0.414 e. The van der Waals surface area contributed by atoms with E-state index in [-0.39, 0.29) is 12.4 Å². The van der Waals surface area contributed by atoms with Crippen molar-refractivity contribution < 1.29 is 26.3 Å². The Bertz CT molecular complexity index is 388. The summed E-state index contributed by atoms with van der Waals surface area (Å²) in [4.78, 5) is 0. The molecule has 1 fully saturated rings. The summed E-state index contributed by atoms with van der Waals surface area (Å²) in [7, 11) is -3.73. The van der Waals surface area contributed by atoms with E-state index in [2.05, 4.69) is 0 Å². The lowest BCUT2D eigenvalue weighted by Gasteiger charge is -2.37. The molecule has 0 aliphatic heterocycles. The Balaban J connectivity index is 2.70. The number of rotatable bonds is 5. The molecular formula is C11H20F3NO3S. The van der Waals surface area contributed by atoms with Gasteiger partial charge in [-0.2, -0.15) is 13.2 Å². The third-order valence-electron chi connectivity index (χ3n) is 3.52. The molecule has 0 saturated heterocycles. The highest BCUT2D eigenvalue weighted by Gasteiger charge is 2.41. The monoisotopic (exact) mass is 303 g/mol. The Morgan fingerprint density at radius 1 is 1.26 bits per heavy atom. The van der Waals surface area contributed by atoms with Gasteiger partial charge in [0, 0.05) is 5.41 Å². The first kappa shape index (κ1) is 16.7. The standard InChI is InChI=1S/C11H20F3NO3S/c1-9(11(12,13)14)18-7-10(8-19(15,16)17)5-3-2-4-6-10/h9H,2-8H2,1H3,(H2,15,16,17). The number of sulfonamides is 1. The molecule has 1 rings (SSSR count). The van der Waals surface area contributed by atoms with Crippen LogP contribution in [0.2, 0.25) is 0 Å². The minimum atomic E-state index is -4.43. The first-order valence-corrected chi connectivity index (χ1v) is 7.94. The molecule has 0 heterocycles. The van der Waals surface area contributed by atoms with E-state index in [1.165, 1.54) is 0 Å². The number of halogens is 3. The van der Waals surface area contributed by atoms with Crippen molar-refractivity contribution in [3.63, 3.8) is 0 Å². The number of primary sulfonamides is 1. The first-order valence-electron chi connectivity index (χ1n) is 6.23. The van der Waals surface area contributed by atoms with Crippen LogP contribution in [0.1, 0.15) is 39.0 Å². The maximum Gasteiger partial charge on any atom is 0.414 e. The maximum absolute atomic E-state index is 12.4. The van der Waals surface area contributed by atoms with Crippen LogP contribution < -0.4 is 5.14 Å². The molecule has 4 nitrogen and oxygen atoms in total. The summed E-state index contributed by atoms with van der Waals surface area (Å²) in [5, 5.41) is 5.04. The van der Waals surface area contributed by atoms with Gasteiger partial charge in [-0.15, -0.1) is 0 Å². The molecule has 2 N–H and O–H groups in total. The van der Waals surface area contributed by atoms with E-state index in [4.69, 9.17) is 9.88 Å². The molecule has 1 unspecified atom stereocenters. The predicted octanol–water partition coefficient (Wildman–Crippen LogP) is 2.19. The van der Waals surface area contributed by atoms with Crippen LogP contribution in [-0.2, 0) is 14.8 Å². The third-order valence-corrected chi connectivity index (χ3v) is 4.54. The number of alkyl halides is 3. The minimum Gasteiger partial charge on any atom is -0.368 e. The van der Waals surface area contributed by atoms with Gasteiger partial charge in [0.1, 0.15) is 0 Å². The number of ether oxygens (including phenoxy) is 1. The number of hydrogen-bond acceptors (Lipinski definition) is 3. The normalized spacial score (nSPS) is 22.2. The Labute approximate surface area is 111 Å². The molecule has 0 aromatic heterocycles. The van der Waals surface area contributed by atoms with E-state index in [0.29, 0.717) is 12.8 Å². The zero-order valence-corrected chi connectivity index (χ0v) is 11.7. The molecular weight excluding hydrogens is 283 g/mol. The van der Waals surface area contributed by atoms with Gasteiger partial charge in [0.2, 0.25) is 10.0 Å². The lowest BCUT2D eigenvalue weighted by Crippen LogP contribution is -2.41. The second kappa shape index (κ2) is 5.97. The topological polar surface area (TPSA) is 69.4 Å². The molecule has 0 radical (unpaired) electrons. The van der Waals surface area contributed by atoms with Crippen molar-refractivity contribution in [3.8, 4) is 0 Å². The van der Waals surface area contributed by atoms with Gasteiger partial charge in [0.15, 0.2) is 6.10 Å². The van der Waals surface area contributed by atoms with Crippen LogP contribution >= 0.6 is 0 Å². The van der Waals surface area contributed by atoms with Crippen LogP contribution in [0.5, 0.6) is 0 Å². The third kappa shape index (κ3) is 5.66. The lowest BCUT2D eigenvalue weighted by molar-refractivity contribution is -0.221. The highest BCUT2D eigenvalue weighted by atomic mass is 32.2. The predicted molar refractivity (Wildman–Crippen MR) is 65.0 cm³/mol. The Morgan fingerprint density at radius 3 is 2.21 bits per heavy atom. The van der Waals surface area contributed by atoms with Gasteiger partial charge in [0.05, 0.1) is 12.4 Å². The summed E-state index contributed by atoms with van der Waals surface area (Å²) in [6.45, 7) is 0.706. The Morgan fingerprint density at radius 2 is 1.79 bits per heavy atom. The molecule has 0 aromatic carbocycles. The lowest BCUT2D eigenvalue weighted by atomic mass is 9.76. The highest BCUT2D eigenvalue weighted by molar-refractivity contribution is 7.89. The average molecular weight is 303 g/mol. The van der Waals surface area contributed by atoms with E-state index < -0.39 is 27.7 Å². The molecule has 8 heteroatoms. The van der Waals surface area contributed by atoms with E-state index >= 15 is 0 Å². The zero-order valence-electron chi connectivity index (χ0n) is 10.9. The summed E-state index contributed by atoms with van der Waals surface area (Å²) in [5.41, 5.74) is -0.772. The van der Waals surface area contributed by atoms with Gasteiger partial charge < -0.3 is 4.74 Å². The summed E-state index contributed by atoms with van der Waals surface area (Å²) in [6.07, 6.45) is -2.72. The maximum atomic E-state index is 12.4. The van der Waals surface area contributed by atoms with Crippen molar-refractivity contribution >= 4 is 10.0 Å². The molecule has 1 aliphatic carbocycles. The van der Waals surface area contributed by atoms with Crippen LogP contribution in [0.25, 0.3) is 0 Å². The van der Waals surface area contributed by atoms with Crippen molar-refractivity contribution in [2.24, 2.45) is 10.6 Å². The van der Waals surface area contributed by atoms with E-state index in [0.717, 1.165) is 26.2 Å². The molecule has 0 amide bonds. The van der Waals surface area contributed by atoms with Crippen LogP contribution in [0.3, 0.4) is 0 Å². The van der Waals surface area contributed by atoms with Crippen molar-refractivity contribution in [2.75, 3.05) is 12.4 Å². The zero-order chi connectivity index (χ0) is 14.7. The van der Waals surface area contributed by atoms with Crippen molar-refractivity contribution in [1.29, 1.82) is 0 Å². The van der Waals surface area contributed by atoms with Crippen molar-refractivity contribution in [2.45, 2.75) is 51.3 Å². The molecule has 1 aliphatic rings. The summed E-state index contributed by atoms with van der Waals surface area (Å²) in [5.74, 6) is -0.315. The van der Waals surface area contributed by atoms with E-state index in [9.17, 15) is 21.6 Å². The fraction of sp³-hybridized carbons (Fsp3) is 1.00. The van der Waals surface area contributed by atoms with Gasteiger partial charge in [-0.3, -0.25) is 0 Å². The van der Waals surface area contributed by atoms with Crippen LogP contribution in [0.4, 0.5) is 13.2 Å². The first-order chi connectivity index (χ1) is 8.54. The smallest absolute Gasteiger partial charge is 0.368 e. The molecule has 1 saturated carbocycles. The molecule has 114 valence electrons. The summed E-state index contributed by atoms with van der Waals surface area (Å²) in [6, 6.07) is 0. The van der Waals surface area contributed by atoms with E-state index in [1.54, 1.807) is 0 Å². The number of hydrogen-bond donors (Lipinski definition) is 1. The van der Waals surface area contributed by atoms with Gasteiger partial charge in [-0.1, -0.05) is 19.3 Å². The van der Waals surface area contributed by atoms with Gasteiger partial charge >= 0.3 is 6.18 Å². The molecule has 0 aromatic rings. The summed E-state index contributed by atoms with van der Waals surface area (Å²) < 4.78 is 64.5. The fourth-order valence-corrected chi connectivity index (χ4v) is 3.68. The minimum absolute atomic E-state index is 0.218. The van der Waals surface area contributed by atoms with E-state index in [1.807, 2.05) is 0 Å². The number of nitrogens with two attached hydrogens (primary N) is 1. The second-order valence-electron chi connectivity index (χ2n) is 5.36. The Kier molecular flexibility index (Phi) is 5.25. The quantitative estimate of drug-likeness (QED) is 0.846. The second-order valence-corrected chi connectivity index (χ2v) is 6.98. The van der Waals surface area contributed by atoms with Crippen molar-refractivity contribution in [1.82, 2.24) is 0 Å². The SMILES string of the molecule is CC(OCC1(CS(N)(=O)=O)CCCCC1)C(F)(F)F. The Hall–Kier alpha value is -0.340. The molecule has 1 atom stereocenters. The fourth-order valence-electron chi connectivity index (χ4n) is 2.46. The van der Waals surface area contributed by atoms with Crippen LogP contribution in [-0.4, -0.2) is 33.1 Å². The molecule has 0 spiro atoms. The van der Waals surface area contributed by atoms with Crippen LogP contribution in [0, 0.1) is 5.41 Å². The van der Waals surface area contributed by atoms with Crippen molar-refractivity contribution in [3.05, 3.63) is 0 Å². The molecule has 19 heavy (non-hydrogen) atoms. The van der Waals surface area contributed by atoms with Crippen LogP contribution in [0.15, 0.2) is 0 Å². The van der Waals surface area contributed by atoms with Gasteiger partial charge in [-0.25, -0.2) is 13.6 Å². The van der Waals surface area contributed by atoms with Gasteiger partial charge in [0.25, 0.3) is 0 Å². The average Bonchev–Trinajstić information content (AvgIpc) is 2.23. The molecule has 0 bridgehead atoms.